The van der Waals surface area contributed by atoms with Crippen molar-refractivity contribution in [2.24, 2.45) is 0 Å². The van der Waals surface area contributed by atoms with Gasteiger partial charge in [0.2, 0.25) is 0 Å². The standard InChI is InChI=1S/C21H20N2O/c1-16-8-12-19(13-9-16)23-21(22-18-6-4-3-5-7-18)17-10-14-20(24-2)15-11-17/h3-15H,1-2H3,(H,22,23)/p+1. The first-order chi connectivity index (χ1) is 11.7. The Bertz CT molecular complexity index is 807. The second-order valence-electron chi connectivity index (χ2n) is 5.59. The molecule has 0 aliphatic rings. The number of rotatable bonds is 4. The van der Waals surface area contributed by atoms with E-state index in [2.05, 4.69) is 41.5 Å². The van der Waals surface area contributed by atoms with Crippen LogP contribution in [0, 0.1) is 6.92 Å². The third-order valence-corrected chi connectivity index (χ3v) is 3.74. The minimum Gasteiger partial charge on any atom is -0.497 e. The molecule has 2 N–H and O–H groups in total. The molecular formula is C21H21N2O+. The Balaban J connectivity index is 1.97. The molecule has 3 aromatic rings. The van der Waals surface area contributed by atoms with Crippen LogP contribution in [0.1, 0.15) is 11.1 Å². The normalized spacial score (nSPS) is 11.2. The zero-order chi connectivity index (χ0) is 16.8. The van der Waals surface area contributed by atoms with Crippen molar-refractivity contribution in [2.45, 2.75) is 6.92 Å². The summed E-state index contributed by atoms with van der Waals surface area (Å²) < 4.78 is 5.25. The number of nitrogens with one attached hydrogen (secondary N) is 2. The van der Waals surface area contributed by atoms with Crippen molar-refractivity contribution in [2.75, 3.05) is 12.4 Å². The number of anilines is 1. The third-order valence-electron chi connectivity index (χ3n) is 3.74. The Morgan fingerprint density at radius 2 is 1.50 bits per heavy atom. The molecule has 0 aliphatic carbocycles. The lowest BCUT2D eigenvalue weighted by Gasteiger charge is -2.05. The van der Waals surface area contributed by atoms with Crippen LogP contribution in [0.5, 0.6) is 5.75 Å². The number of methoxy groups -OCH3 is 1. The fourth-order valence-corrected chi connectivity index (χ4v) is 2.38. The van der Waals surface area contributed by atoms with E-state index in [0.29, 0.717) is 0 Å². The van der Waals surface area contributed by atoms with Gasteiger partial charge in [-0.05, 0) is 55.5 Å². The van der Waals surface area contributed by atoms with Gasteiger partial charge in [0.25, 0.3) is 5.84 Å². The molecule has 0 bridgehead atoms. The van der Waals surface area contributed by atoms with E-state index >= 15 is 0 Å². The van der Waals surface area contributed by atoms with E-state index < -0.39 is 0 Å². The van der Waals surface area contributed by atoms with Gasteiger partial charge < -0.3 is 4.74 Å². The molecule has 0 saturated carbocycles. The maximum absolute atomic E-state index is 5.25. The lowest BCUT2D eigenvalue weighted by Crippen LogP contribution is -2.68. The lowest BCUT2D eigenvalue weighted by atomic mass is 10.1. The summed E-state index contributed by atoms with van der Waals surface area (Å²) in [7, 11) is 1.67. The number of hydrogen-bond acceptors (Lipinski definition) is 1. The molecular weight excluding hydrogens is 296 g/mol. The van der Waals surface area contributed by atoms with Crippen LogP contribution in [0.3, 0.4) is 0 Å². The average molecular weight is 317 g/mol. The molecule has 3 heteroatoms. The van der Waals surface area contributed by atoms with Gasteiger partial charge in [-0.1, -0.05) is 35.9 Å². The number of hydrogen-bond donors (Lipinski definition) is 2. The fourth-order valence-electron chi connectivity index (χ4n) is 2.38. The molecule has 3 nitrogen and oxygen atoms in total. The van der Waals surface area contributed by atoms with E-state index in [9.17, 15) is 0 Å². The van der Waals surface area contributed by atoms with Crippen molar-refractivity contribution in [3.63, 3.8) is 0 Å². The van der Waals surface area contributed by atoms with E-state index in [1.807, 2.05) is 54.6 Å². The van der Waals surface area contributed by atoms with Gasteiger partial charge in [0.05, 0.1) is 12.7 Å². The van der Waals surface area contributed by atoms with Gasteiger partial charge in [0.15, 0.2) is 0 Å². The summed E-state index contributed by atoms with van der Waals surface area (Å²) in [4.78, 5) is 3.47. The summed E-state index contributed by atoms with van der Waals surface area (Å²) in [6.07, 6.45) is 0. The van der Waals surface area contributed by atoms with Crippen molar-refractivity contribution >= 4 is 17.2 Å². The molecule has 0 atom stereocenters. The van der Waals surface area contributed by atoms with Gasteiger partial charge in [-0.15, -0.1) is 0 Å². The van der Waals surface area contributed by atoms with Gasteiger partial charge in [-0.2, -0.15) is 0 Å². The van der Waals surface area contributed by atoms with E-state index in [1.165, 1.54) is 5.56 Å². The lowest BCUT2D eigenvalue weighted by molar-refractivity contribution is -0.352. The maximum atomic E-state index is 5.25. The van der Waals surface area contributed by atoms with Crippen molar-refractivity contribution in [3.8, 4) is 5.75 Å². The van der Waals surface area contributed by atoms with Crippen LogP contribution in [0.2, 0.25) is 0 Å². The van der Waals surface area contributed by atoms with Gasteiger partial charge in [-0.25, -0.2) is 10.3 Å². The second kappa shape index (κ2) is 7.47. The molecule has 3 aromatic carbocycles. The Morgan fingerprint density at radius 1 is 0.833 bits per heavy atom. The first-order valence-electron chi connectivity index (χ1n) is 7.92. The van der Waals surface area contributed by atoms with Crippen LogP contribution in [0.4, 0.5) is 11.4 Å². The van der Waals surface area contributed by atoms with Gasteiger partial charge in [-0.3, -0.25) is 0 Å². The molecule has 3 rings (SSSR count). The summed E-state index contributed by atoms with van der Waals surface area (Å²) in [5, 5.41) is 3.46. The number of aryl methyl sites for hydroxylation is 1. The van der Waals surface area contributed by atoms with Gasteiger partial charge in [0, 0.05) is 0 Å². The Morgan fingerprint density at radius 3 is 2.12 bits per heavy atom. The average Bonchev–Trinajstić information content (AvgIpc) is 2.64. The van der Waals surface area contributed by atoms with Crippen LogP contribution < -0.4 is 15.0 Å². The Hall–Kier alpha value is -3.07. The smallest absolute Gasteiger partial charge is 0.285 e. The molecule has 0 fully saturated rings. The summed E-state index contributed by atoms with van der Waals surface area (Å²) >= 11 is 0. The number of ether oxygens (including phenoxy) is 1. The zero-order valence-electron chi connectivity index (χ0n) is 13.9. The van der Waals surface area contributed by atoms with Crippen LogP contribution in [-0.2, 0) is 0 Å². The van der Waals surface area contributed by atoms with Crippen LogP contribution in [0.25, 0.3) is 0 Å². The molecule has 0 spiro atoms. The molecule has 0 aromatic heterocycles. The van der Waals surface area contributed by atoms with Gasteiger partial charge >= 0.3 is 0 Å². The zero-order valence-corrected chi connectivity index (χ0v) is 13.9. The third kappa shape index (κ3) is 4.02. The van der Waals surface area contributed by atoms with Crippen molar-refractivity contribution in [1.29, 1.82) is 0 Å². The number of benzene rings is 3. The van der Waals surface area contributed by atoms with Gasteiger partial charge in [0.1, 0.15) is 17.1 Å². The molecule has 0 amide bonds. The molecule has 0 saturated heterocycles. The Kier molecular flexibility index (Phi) is 4.92. The first-order valence-corrected chi connectivity index (χ1v) is 7.92. The monoisotopic (exact) mass is 317 g/mol. The van der Waals surface area contributed by atoms with Crippen LogP contribution >= 0.6 is 0 Å². The quantitative estimate of drug-likeness (QED) is 0.572. The van der Waals surface area contributed by atoms with E-state index in [4.69, 9.17) is 4.74 Å². The second-order valence-corrected chi connectivity index (χ2v) is 5.59. The van der Waals surface area contributed by atoms with E-state index in [0.717, 1.165) is 28.5 Å². The predicted octanol–water partition coefficient (Wildman–Crippen LogP) is 3.27. The maximum Gasteiger partial charge on any atom is 0.285 e. The van der Waals surface area contributed by atoms with Crippen molar-refractivity contribution in [1.82, 2.24) is 0 Å². The van der Waals surface area contributed by atoms with Crippen LogP contribution in [-0.4, -0.2) is 12.9 Å². The highest BCUT2D eigenvalue weighted by Gasteiger charge is 2.12. The van der Waals surface area contributed by atoms with Crippen molar-refractivity contribution in [3.05, 3.63) is 90.0 Å². The van der Waals surface area contributed by atoms with E-state index in [1.54, 1.807) is 7.11 Å². The topological polar surface area (TPSA) is 35.2 Å². The molecule has 120 valence electrons. The summed E-state index contributed by atoms with van der Waals surface area (Å²) in [5.74, 6) is 1.76. The number of para-hydroxylation sites is 1. The largest absolute Gasteiger partial charge is 0.497 e. The van der Waals surface area contributed by atoms with Crippen molar-refractivity contribution < 1.29 is 9.73 Å². The number of amidine groups is 1. The van der Waals surface area contributed by atoms with E-state index in [-0.39, 0.29) is 0 Å². The minimum atomic E-state index is 0.841. The highest BCUT2D eigenvalue weighted by Crippen LogP contribution is 2.13. The molecule has 0 aliphatic heterocycles. The SMILES string of the molecule is COc1ccc(C(Nc2ccccc2)=[NH+]c2ccc(C)cc2)cc1. The van der Waals surface area contributed by atoms with Crippen LogP contribution in [0.15, 0.2) is 78.9 Å². The summed E-state index contributed by atoms with van der Waals surface area (Å²) in [6.45, 7) is 2.08. The summed E-state index contributed by atoms with van der Waals surface area (Å²) in [6, 6.07) is 26.4. The molecule has 24 heavy (non-hydrogen) atoms. The molecule has 0 unspecified atom stereocenters. The first kappa shape index (κ1) is 15.8. The fraction of sp³-hybridized carbons (Fsp3) is 0.0952. The highest BCUT2D eigenvalue weighted by atomic mass is 16.5. The minimum absolute atomic E-state index is 0.841. The predicted molar refractivity (Wildman–Crippen MR) is 99.0 cm³/mol. The highest BCUT2D eigenvalue weighted by molar-refractivity contribution is 6.04. The Labute approximate surface area is 142 Å². The molecule has 0 radical (unpaired) electrons. The summed E-state index contributed by atoms with van der Waals surface area (Å²) in [5.41, 5.74) is 4.36. The molecule has 0 heterocycles.